The number of ether oxygens (including phenoxy) is 1. The van der Waals surface area contributed by atoms with Crippen molar-refractivity contribution in [2.24, 2.45) is 0 Å². The summed E-state index contributed by atoms with van der Waals surface area (Å²) in [4.78, 5) is 12.3. The maximum atomic E-state index is 13.3. The summed E-state index contributed by atoms with van der Waals surface area (Å²) in [7, 11) is 0. The Labute approximate surface area is 161 Å². The van der Waals surface area contributed by atoms with E-state index in [9.17, 15) is 13.6 Å². The molecule has 8 heteroatoms. The minimum atomic E-state index is -0.725. The van der Waals surface area contributed by atoms with E-state index in [1.165, 1.54) is 0 Å². The molecule has 140 valence electrons. The van der Waals surface area contributed by atoms with Crippen molar-refractivity contribution >= 4 is 35.8 Å². The third-order valence-corrected chi connectivity index (χ3v) is 4.79. The van der Waals surface area contributed by atoms with Crippen LogP contribution in [0.2, 0.25) is 0 Å². The zero-order chi connectivity index (χ0) is 17.6. The van der Waals surface area contributed by atoms with Crippen molar-refractivity contribution in [2.45, 2.75) is 12.5 Å². The van der Waals surface area contributed by atoms with Crippen LogP contribution >= 0.6 is 24.2 Å². The van der Waals surface area contributed by atoms with Crippen molar-refractivity contribution in [1.29, 1.82) is 0 Å². The summed E-state index contributed by atoms with van der Waals surface area (Å²) in [6, 6.07) is 9.89. The normalized spacial score (nSPS) is 16.5. The van der Waals surface area contributed by atoms with E-state index in [2.05, 4.69) is 10.6 Å². The lowest BCUT2D eigenvalue weighted by Crippen LogP contribution is -2.39. The number of nitrogens with one attached hydrogen (secondary N) is 2. The molecule has 0 spiro atoms. The first kappa shape index (κ1) is 20.5. The van der Waals surface area contributed by atoms with E-state index in [4.69, 9.17) is 4.74 Å². The summed E-state index contributed by atoms with van der Waals surface area (Å²) >= 11 is 1.82. The highest BCUT2D eigenvalue weighted by Crippen LogP contribution is 2.30. The van der Waals surface area contributed by atoms with Crippen molar-refractivity contribution in [3.8, 4) is 11.5 Å². The van der Waals surface area contributed by atoms with E-state index in [-0.39, 0.29) is 30.1 Å². The molecular formula is C18H19ClF2N2O2S. The molecule has 0 bridgehead atoms. The molecule has 1 fully saturated rings. The second-order valence-electron chi connectivity index (χ2n) is 5.68. The minimum absolute atomic E-state index is 0. The maximum absolute atomic E-state index is 13.3. The number of rotatable bonds is 5. The monoisotopic (exact) mass is 400 g/mol. The predicted octanol–water partition coefficient (Wildman–Crippen LogP) is 4.21. The van der Waals surface area contributed by atoms with Crippen molar-refractivity contribution < 1.29 is 18.3 Å². The van der Waals surface area contributed by atoms with Crippen molar-refractivity contribution in [3.05, 3.63) is 54.1 Å². The quantitative estimate of drug-likeness (QED) is 0.789. The maximum Gasteiger partial charge on any atom is 0.226 e. The summed E-state index contributed by atoms with van der Waals surface area (Å²) < 4.78 is 32.2. The number of benzene rings is 2. The molecule has 0 radical (unpaired) electrons. The van der Waals surface area contributed by atoms with Gasteiger partial charge in [-0.25, -0.2) is 8.78 Å². The number of para-hydroxylation sites is 2. The second-order valence-corrected chi connectivity index (χ2v) is 6.83. The molecule has 1 amide bonds. The molecule has 1 aliphatic rings. The van der Waals surface area contributed by atoms with Gasteiger partial charge < -0.3 is 15.4 Å². The number of amides is 1. The van der Waals surface area contributed by atoms with Gasteiger partial charge in [-0.3, -0.25) is 4.79 Å². The number of hydrogen-bond acceptors (Lipinski definition) is 4. The van der Waals surface area contributed by atoms with Gasteiger partial charge in [0.05, 0.1) is 5.69 Å². The van der Waals surface area contributed by atoms with Crippen LogP contribution in [0, 0.1) is 11.6 Å². The van der Waals surface area contributed by atoms with Gasteiger partial charge in [0.25, 0.3) is 0 Å². The first-order chi connectivity index (χ1) is 12.1. The second kappa shape index (κ2) is 9.75. The highest BCUT2D eigenvalue weighted by molar-refractivity contribution is 7.99. The Morgan fingerprint density at radius 1 is 1.23 bits per heavy atom. The first-order valence-electron chi connectivity index (χ1n) is 7.94. The van der Waals surface area contributed by atoms with Gasteiger partial charge >= 0.3 is 0 Å². The Bertz CT molecular complexity index is 737. The molecule has 1 unspecified atom stereocenters. The van der Waals surface area contributed by atoms with Crippen LogP contribution in [0.25, 0.3) is 0 Å². The molecule has 4 nitrogen and oxygen atoms in total. The fraction of sp³-hybridized carbons (Fsp3) is 0.278. The SMILES string of the molecule is Cl.O=C(CC1CSCCN1)Nc1ccccc1Oc1cc(F)cc(F)c1. The van der Waals surface area contributed by atoms with E-state index in [0.717, 1.165) is 36.2 Å². The van der Waals surface area contributed by atoms with Gasteiger partial charge in [0, 0.05) is 48.7 Å². The Morgan fingerprint density at radius 2 is 1.96 bits per heavy atom. The van der Waals surface area contributed by atoms with Gasteiger partial charge in [0.1, 0.15) is 17.4 Å². The zero-order valence-corrected chi connectivity index (χ0v) is 15.5. The van der Waals surface area contributed by atoms with E-state index >= 15 is 0 Å². The smallest absolute Gasteiger partial charge is 0.226 e. The van der Waals surface area contributed by atoms with E-state index in [1.807, 2.05) is 11.8 Å². The lowest BCUT2D eigenvalue weighted by molar-refractivity contribution is -0.116. The molecular weight excluding hydrogens is 382 g/mol. The van der Waals surface area contributed by atoms with E-state index in [1.54, 1.807) is 24.3 Å². The van der Waals surface area contributed by atoms with E-state index < -0.39 is 11.6 Å². The average Bonchev–Trinajstić information content (AvgIpc) is 2.56. The van der Waals surface area contributed by atoms with Gasteiger partial charge in [-0.1, -0.05) is 12.1 Å². The third kappa shape index (κ3) is 5.86. The summed E-state index contributed by atoms with van der Waals surface area (Å²) in [6.45, 7) is 0.896. The minimum Gasteiger partial charge on any atom is -0.455 e. The molecule has 26 heavy (non-hydrogen) atoms. The molecule has 2 aromatic rings. The number of anilines is 1. The Balaban J connectivity index is 0.00000243. The number of halogens is 3. The topological polar surface area (TPSA) is 50.4 Å². The molecule has 2 aromatic carbocycles. The first-order valence-corrected chi connectivity index (χ1v) is 9.09. The molecule has 0 aromatic heterocycles. The summed E-state index contributed by atoms with van der Waals surface area (Å²) in [6.07, 6.45) is 0.357. The van der Waals surface area contributed by atoms with Crippen LogP contribution in [0.15, 0.2) is 42.5 Å². The molecule has 1 aliphatic heterocycles. The number of thioether (sulfide) groups is 1. The predicted molar refractivity (Wildman–Crippen MR) is 102 cm³/mol. The Kier molecular flexibility index (Phi) is 7.68. The van der Waals surface area contributed by atoms with Gasteiger partial charge in [-0.05, 0) is 12.1 Å². The molecule has 1 saturated heterocycles. The largest absolute Gasteiger partial charge is 0.455 e. The van der Waals surface area contributed by atoms with Crippen molar-refractivity contribution in [3.63, 3.8) is 0 Å². The average molecular weight is 401 g/mol. The molecule has 1 heterocycles. The van der Waals surface area contributed by atoms with Gasteiger partial charge in [-0.15, -0.1) is 12.4 Å². The fourth-order valence-corrected chi connectivity index (χ4v) is 3.50. The van der Waals surface area contributed by atoms with Gasteiger partial charge in [0.2, 0.25) is 5.91 Å². The Morgan fingerprint density at radius 3 is 2.65 bits per heavy atom. The van der Waals surface area contributed by atoms with Crippen LogP contribution in [-0.2, 0) is 4.79 Å². The van der Waals surface area contributed by atoms with Gasteiger partial charge in [0.15, 0.2) is 5.75 Å². The third-order valence-electron chi connectivity index (χ3n) is 3.66. The fourth-order valence-electron chi connectivity index (χ4n) is 2.55. The summed E-state index contributed by atoms with van der Waals surface area (Å²) in [5.74, 6) is 0.722. The van der Waals surface area contributed by atoms with Crippen LogP contribution in [-0.4, -0.2) is 30.0 Å². The van der Waals surface area contributed by atoms with Crippen LogP contribution in [0.4, 0.5) is 14.5 Å². The lowest BCUT2D eigenvalue weighted by atomic mass is 10.2. The van der Waals surface area contributed by atoms with Crippen LogP contribution in [0.1, 0.15) is 6.42 Å². The van der Waals surface area contributed by atoms with Crippen LogP contribution < -0.4 is 15.4 Å². The van der Waals surface area contributed by atoms with Crippen LogP contribution in [0.3, 0.4) is 0 Å². The molecule has 2 N–H and O–H groups in total. The molecule has 0 aliphatic carbocycles. The highest BCUT2D eigenvalue weighted by atomic mass is 35.5. The number of carbonyl (C=O) groups excluding carboxylic acids is 1. The van der Waals surface area contributed by atoms with Crippen molar-refractivity contribution in [2.75, 3.05) is 23.4 Å². The van der Waals surface area contributed by atoms with Crippen LogP contribution in [0.5, 0.6) is 11.5 Å². The molecule has 0 saturated carbocycles. The number of hydrogen-bond donors (Lipinski definition) is 2. The zero-order valence-electron chi connectivity index (χ0n) is 13.8. The van der Waals surface area contributed by atoms with Crippen molar-refractivity contribution in [1.82, 2.24) is 5.32 Å². The Hall–Kier alpha value is -1.83. The summed E-state index contributed by atoms with van der Waals surface area (Å²) in [5, 5.41) is 6.11. The lowest BCUT2D eigenvalue weighted by Gasteiger charge is -2.22. The van der Waals surface area contributed by atoms with Gasteiger partial charge in [-0.2, -0.15) is 11.8 Å². The summed E-state index contributed by atoms with van der Waals surface area (Å²) in [5.41, 5.74) is 0.459. The van der Waals surface area contributed by atoms with E-state index in [0.29, 0.717) is 17.9 Å². The molecule has 1 atom stereocenters. The standard InChI is InChI=1S/C18H18F2N2O2S.ClH/c19-12-7-13(20)9-15(8-12)24-17-4-2-1-3-16(17)22-18(23)10-14-11-25-6-5-21-14;/h1-4,7-9,14,21H,5-6,10-11H2,(H,22,23);1H. The number of carbonyl (C=O) groups is 1. The molecule has 3 rings (SSSR count). The highest BCUT2D eigenvalue weighted by Gasteiger charge is 2.17.